The van der Waals surface area contributed by atoms with Crippen LogP contribution in [0.4, 0.5) is 15.3 Å². The van der Waals surface area contributed by atoms with Gasteiger partial charge in [-0.2, -0.15) is 0 Å². The average Bonchev–Trinajstić information content (AvgIpc) is 3.38. The molecule has 0 bridgehead atoms. The second-order valence-corrected chi connectivity index (χ2v) is 8.54. The van der Waals surface area contributed by atoms with Gasteiger partial charge in [-0.15, -0.1) is 0 Å². The molecular formula is C25H32N6O5. The second-order valence-electron chi connectivity index (χ2n) is 8.54. The summed E-state index contributed by atoms with van der Waals surface area (Å²) in [7, 11) is 1.56. The van der Waals surface area contributed by atoms with Crippen LogP contribution in [0.3, 0.4) is 0 Å². The van der Waals surface area contributed by atoms with E-state index >= 15 is 0 Å². The number of carbonyl (C=O) groups excluding carboxylic acids is 3. The Hall–Kier alpha value is -3.83. The van der Waals surface area contributed by atoms with E-state index in [4.69, 9.17) is 15.2 Å². The molecule has 36 heavy (non-hydrogen) atoms. The number of methoxy groups -OCH3 is 1. The summed E-state index contributed by atoms with van der Waals surface area (Å²) in [5.74, 6) is 0.226. The zero-order valence-electron chi connectivity index (χ0n) is 20.3. The average molecular weight is 497 g/mol. The van der Waals surface area contributed by atoms with Gasteiger partial charge in [-0.3, -0.25) is 14.6 Å². The molecule has 2 fully saturated rings. The zero-order valence-corrected chi connectivity index (χ0v) is 20.3. The maximum Gasteiger partial charge on any atom is 0.323 e. The van der Waals surface area contributed by atoms with Gasteiger partial charge in [-0.25, -0.2) is 9.59 Å². The van der Waals surface area contributed by atoms with Crippen LogP contribution < -0.4 is 21.1 Å². The van der Waals surface area contributed by atoms with Gasteiger partial charge >= 0.3 is 12.1 Å². The molecule has 0 radical (unpaired) electrons. The normalized spacial score (nSPS) is 17.6. The Morgan fingerprint density at radius 1 is 1.00 bits per heavy atom. The van der Waals surface area contributed by atoms with Crippen LogP contribution in [0.25, 0.3) is 0 Å². The number of anilines is 1. The van der Waals surface area contributed by atoms with Crippen LogP contribution >= 0.6 is 0 Å². The highest BCUT2D eigenvalue weighted by Gasteiger charge is 2.44. The minimum atomic E-state index is -1.09. The molecule has 2 aromatic carbocycles. The maximum atomic E-state index is 13.4. The Balaban J connectivity index is 1.50. The molecule has 2 saturated heterocycles. The van der Waals surface area contributed by atoms with Crippen molar-refractivity contribution in [1.29, 1.82) is 0 Å². The van der Waals surface area contributed by atoms with Crippen molar-refractivity contribution >= 4 is 23.7 Å². The zero-order chi connectivity index (χ0) is 25.5. The number of carbonyl (C=O) groups is 3. The van der Waals surface area contributed by atoms with Gasteiger partial charge in [0, 0.05) is 45.0 Å². The summed E-state index contributed by atoms with van der Waals surface area (Å²) in [6, 6.07) is 13.7. The van der Waals surface area contributed by atoms with Crippen molar-refractivity contribution < 1.29 is 23.9 Å². The van der Waals surface area contributed by atoms with Gasteiger partial charge in [0.15, 0.2) is 6.17 Å². The Kier molecular flexibility index (Phi) is 8.24. The predicted octanol–water partition coefficient (Wildman–Crippen LogP) is 1.40. The van der Waals surface area contributed by atoms with E-state index in [1.807, 2.05) is 24.3 Å². The van der Waals surface area contributed by atoms with E-state index < -0.39 is 18.1 Å². The minimum Gasteiger partial charge on any atom is -0.497 e. The summed E-state index contributed by atoms with van der Waals surface area (Å²) in [4.78, 5) is 44.4. The first kappa shape index (κ1) is 25.3. The van der Waals surface area contributed by atoms with Crippen molar-refractivity contribution in [1.82, 2.24) is 20.0 Å². The lowest BCUT2D eigenvalue weighted by atomic mass is 10.1. The van der Waals surface area contributed by atoms with Crippen molar-refractivity contribution in [2.24, 2.45) is 5.73 Å². The summed E-state index contributed by atoms with van der Waals surface area (Å²) in [6.07, 6.45) is -1.09. The number of morpholine rings is 1. The highest BCUT2D eigenvalue weighted by atomic mass is 16.5. The van der Waals surface area contributed by atoms with E-state index in [-0.39, 0.29) is 25.7 Å². The van der Waals surface area contributed by atoms with Crippen molar-refractivity contribution in [3.05, 3.63) is 59.7 Å². The monoisotopic (exact) mass is 496 g/mol. The first-order chi connectivity index (χ1) is 17.5. The van der Waals surface area contributed by atoms with Crippen LogP contribution in [0.1, 0.15) is 11.1 Å². The van der Waals surface area contributed by atoms with Gasteiger partial charge in [0.05, 0.1) is 20.3 Å². The fourth-order valence-corrected chi connectivity index (χ4v) is 4.28. The molecule has 2 aliphatic heterocycles. The van der Waals surface area contributed by atoms with Crippen molar-refractivity contribution in [3.63, 3.8) is 0 Å². The molecular weight excluding hydrogens is 464 g/mol. The van der Waals surface area contributed by atoms with Gasteiger partial charge in [-0.1, -0.05) is 24.3 Å². The molecule has 0 aromatic heterocycles. The molecule has 0 aliphatic carbocycles. The number of nitrogens with two attached hydrogens (primary N) is 1. The fraction of sp³-hybridized carbons (Fsp3) is 0.400. The van der Waals surface area contributed by atoms with E-state index in [1.54, 1.807) is 36.3 Å². The van der Waals surface area contributed by atoms with Gasteiger partial charge in [0.1, 0.15) is 5.75 Å². The molecule has 11 nitrogen and oxygen atoms in total. The first-order valence-electron chi connectivity index (χ1n) is 11.9. The smallest absolute Gasteiger partial charge is 0.323 e. The molecule has 11 heteroatoms. The van der Waals surface area contributed by atoms with Gasteiger partial charge in [0.2, 0.25) is 0 Å². The summed E-state index contributed by atoms with van der Waals surface area (Å²) >= 11 is 0. The molecule has 4 rings (SSSR count). The number of amides is 5. The molecule has 0 spiro atoms. The topological polar surface area (TPSA) is 129 Å². The predicted molar refractivity (Wildman–Crippen MR) is 133 cm³/mol. The van der Waals surface area contributed by atoms with Crippen LogP contribution in [0, 0.1) is 0 Å². The molecule has 2 aliphatic rings. The third-order valence-corrected chi connectivity index (χ3v) is 6.23. The molecule has 2 aromatic rings. The molecule has 2 heterocycles. The van der Waals surface area contributed by atoms with E-state index in [0.29, 0.717) is 44.3 Å². The minimum absolute atomic E-state index is 0.221. The third-order valence-electron chi connectivity index (χ3n) is 6.23. The third kappa shape index (κ3) is 5.86. The van der Waals surface area contributed by atoms with Crippen LogP contribution in [-0.2, 0) is 22.6 Å². The summed E-state index contributed by atoms with van der Waals surface area (Å²) < 4.78 is 10.5. The first-order valence-corrected chi connectivity index (χ1v) is 11.9. The van der Waals surface area contributed by atoms with Crippen LogP contribution in [0.15, 0.2) is 48.5 Å². The lowest BCUT2D eigenvalue weighted by molar-refractivity contribution is -0.128. The molecule has 1 unspecified atom stereocenters. The number of hydrogen-bond donors (Lipinski definition) is 3. The molecule has 192 valence electrons. The van der Waals surface area contributed by atoms with E-state index in [1.165, 1.54) is 9.80 Å². The number of ether oxygens (including phenoxy) is 2. The molecule has 5 amide bonds. The van der Waals surface area contributed by atoms with Gasteiger partial charge in [0.25, 0.3) is 5.91 Å². The largest absolute Gasteiger partial charge is 0.497 e. The van der Waals surface area contributed by atoms with E-state index in [0.717, 1.165) is 11.1 Å². The Bertz CT molecular complexity index is 1070. The number of benzene rings is 2. The van der Waals surface area contributed by atoms with Crippen LogP contribution in [0.5, 0.6) is 5.75 Å². The van der Waals surface area contributed by atoms with E-state index in [9.17, 15) is 14.4 Å². The fourth-order valence-electron chi connectivity index (χ4n) is 4.28. The molecule has 1 atom stereocenters. The Morgan fingerprint density at radius 2 is 1.69 bits per heavy atom. The van der Waals surface area contributed by atoms with Crippen LogP contribution in [0.2, 0.25) is 0 Å². The number of rotatable bonds is 6. The molecule has 4 N–H and O–H groups in total. The highest BCUT2D eigenvalue weighted by molar-refractivity contribution is 5.96. The summed E-state index contributed by atoms with van der Waals surface area (Å²) in [6.45, 7) is 2.86. The SMILES string of the molecule is COc1ccc(NC(=O)N2CCN(C(=O)N3CCOCC3)C2C(=O)NCc2cccc(CN)c2)cc1. The van der Waals surface area contributed by atoms with Crippen molar-refractivity contribution in [2.75, 3.05) is 51.8 Å². The standard InChI is InChI=1S/C25H32N6O5/c1-35-21-7-5-20(6-8-21)28-24(33)30-9-10-31(25(34)29-11-13-36-14-12-29)23(30)22(32)27-17-19-4-2-3-18(15-19)16-26/h2-8,15,23H,9-14,16-17,26H2,1H3,(H,27,32)(H,28,33). The second kappa shape index (κ2) is 11.7. The highest BCUT2D eigenvalue weighted by Crippen LogP contribution is 2.21. The van der Waals surface area contributed by atoms with Crippen molar-refractivity contribution in [2.45, 2.75) is 19.3 Å². The lowest BCUT2D eigenvalue weighted by Crippen LogP contribution is -2.57. The number of hydrogen-bond acceptors (Lipinski definition) is 6. The summed E-state index contributed by atoms with van der Waals surface area (Å²) in [5, 5.41) is 5.70. The lowest BCUT2D eigenvalue weighted by Gasteiger charge is -2.34. The van der Waals surface area contributed by atoms with Crippen LogP contribution in [-0.4, -0.2) is 85.3 Å². The van der Waals surface area contributed by atoms with Gasteiger partial charge in [-0.05, 0) is 35.4 Å². The number of nitrogens with one attached hydrogen (secondary N) is 2. The van der Waals surface area contributed by atoms with Gasteiger partial charge < -0.3 is 30.7 Å². The number of nitrogens with zero attached hydrogens (tertiary/aromatic N) is 3. The van der Waals surface area contributed by atoms with E-state index in [2.05, 4.69) is 10.6 Å². The Labute approximate surface area is 210 Å². The van der Waals surface area contributed by atoms with Crippen molar-refractivity contribution in [3.8, 4) is 5.75 Å². The Morgan fingerprint density at radius 3 is 2.39 bits per heavy atom. The number of urea groups is 2. The maximum absolute atomic E-state index is 13.4. The molecule has 0 saturated carbocycles. The summed E-state index contributed by atoms with van der Waals surface area (Å²) in [5.41, 5.74) is 8.11. The quantitative estimate of drug-likeness (QED) is 0.554.